The van der Waals surface area contributed by atoms with Crippen molar-refractivity contribution < 1.29 is 0 Å². The predicted octanol–water partition coefficient (Wildman–Crippen LogP) is 8.09. The fourth-order valence-corrected chi connectivity index (χ4v) is 6.23. The molecule has 0 saturated heterocycles. The first-order valence-corrected chi connectivity index (χ1v) is 15.6. The number of hydrogen-bond donors (Lipinski definition) is 2. The van der Waals surface area contributed by atoms with Crippen LogP contribution in [0, 0.1) is 11.8 Å². The minimum Gasteiger partial charge on any atom is -0.339 e. The van der Waals surface area contributed by atoms with Crippen molar-refractivity contribution >= 4 is 56.0 Å². The molecule has 7 heteroatoms. The van der Waals surface area contributed by atoms with Gasteiger partial charge in [-0.3, -0.25) is 9.97 Å². The molecule has 0 fully saturated rings. The molecule has 0 aliphatic rings. The maximum absolute atomic E-state index is 4.80. The number of pyridine rings is 2. The molecule has 226 valence electrons. The fourth-order valence-electron chi connectivity index (χ4n) is 6.23. The van der Waals surface area contributed by atoms with E-state index >= 15 is 0 Å². The third kappa shape index (κ3) is 6.72. The third-order valence-corrected chi connectivity index (χ3v) is 8.10. The van der Waals surface area contributed by atoms with E-state index < -0.39 is 0 Å². The lowest BCUT2D eigenvalue weighted by molar-refractivity contribution is 0.545. The summed E-state index contributed by atoms with van der Waals surface area (Å²) in [6, 6.07) is 22.0. The summed E-state index contributed by atoms with van der Waals surface area (Å²) in [6.07, 6.45) is 6.37. The van der Waals surface area contributed by atoms with Crippen LogP contribution >= 0.6 is 12.4 Å². The van der Waals surface area contributed by atoms with Gasteiger partial charge in [-0.2, -0.15) is 0 Å². The summed E-state index contributed by atoms with van der Waals surface area (Å²) in [6.45, 7) is 14.6. The summed E-state index contributed by atoms with van der Waals surface area (Å²) in [7, 11) is 0. The van der Waals surface area contributed by atoms with E-state index in [9.17, 15) is 0 Å². The quantitative estimate of drug-likeness (QED) is 0.132. The average Bonchev–Trinajstić information content (AvgIpc) is 3.46. The summed E-state index contributed by atoms with van der Waals surface area (Å²) in [5.41, 5.74) is 7.26. The molecule has 0 aliphatic carbocycles. The van der Waals surface area contributed by atoms with Gasteiger partial charge in [0.15, 0.2) is 0 Å². The fraction of sp³-hybridized carbons (Fsp3) is 0.389. The molecule has 6 aromatic rings. The molecule has 0 aliphatic heterocycles. The summed E-state index contributed by atoms with van der Waals surface area (Å²) in [5.74, 6) is 1.17. The number of hydrogen-bond acceptors (Lipinski definition) is 4. The second-order valence-corrected chi connectivity index (χ2v) is 12.5. The maximum atomic E-state index is 4.80. The topological polar surface area (TPSA) is 59.7 Å². The van der Waals surface area contributed by atoms with Crippen molar-refractivity contribution in [1.82, 2.24) is 29.7 Å². The summed E-state index contributed by atoms with van der Waals surface area (Å²) in [4.78, 5) is 9.61. The SMILES string of the molecule is CC(C)Cn1c2ccccc2c2cc(CNCCCCNCc3cc4c5ccccc5n(CC(C)C)c4cn3)ncc21.Cl. The molecule has 0 amide bonds. The summed E-state index contributed by atoms with van der Waals surface area (Å²) >= 11 is 0. The van der Waals surface area contributed by atoms with Crippen LogP contribution in [0.15, 0.2) is 73.1 Å². The Morgan fingerprint density at radius 1 is 0.581 bits per heavy atom. The van der Waals surface area contributed by atoms with Gasteiger partial charge in [0, 0.05) is 58.8 Å². The number of nitrogens with zero attached hydrogens (tertiary/aromatic N) is 4. The first kappa shape index (κ1) is 31.0. The van der Waals surface area contributed by atoms with E-state index in [1.165, 1.54) is 43.6 Å². The van der Waals surface area contributed by atoms with Crippen LogP contribution in [0.4, 0.5) is 0 Å². The van der Waals surface area contributed by atoms with E-state index in [2.05, 4.69) is 121 Å². The Labute approximate surface area is 261 Å². The Balaban J connectivity index is 0.00000368. The Bertz CT molecular complexity index is 1680. The van der Waals surface area contributed by atoms with Crippen LogP contribution in [-0.2, 0) is 26.2 Å². The van der Waals surface area contributed by atoms with Gasteiger partial charge in [-0.25, -0.2) is 0 Å². The first-order valence-electron chi connectivity index (χ1n) is 15.6. The Hall–Kier alpha value is -3.45. The summed E-state index contributed by atoms with van der Waals surface area (Å²) < 4.78 is 4.84. The monoisotopic (exact) mass is 596 g/mol. The molecule has 2 N–H and O–H groups in total. The molecule has 43 heavy (non-hydrogen) atoms. The molecular formula is C36H45ClN6. The molecule has 0 atom stereocenters. The van der Waals surface area contributed by atoms with Gasteiger partial charge in [-0.05, 0) is 62.0 Å². The highest BCUT2D eigenvalue weighted by Crippen LogP contribution is 2.31. The number of unbranched alkanes of at least 4 members (excludes halogenated alkanes) is 1. The second-order valence-electron chi connectivity index (χ2n) is 12.5. The highest BCUT2D eigenvalue weighted by atomic mass is 35.5. The number of nitrogens with one attached hydrogen (secondary N) is 2. The molecule has 4 aromatic heterocycles. The van der Waals surface area contributed by atoms with Gasteiger partial charge in [0.25, 0.3) is 0 Å². The number of fused-ring (bicyclic) bond motifs is 6. The minimum absolute atomic E-state index is 0. The molecule has 0 bridgehead atoms. The van der Waals surface area contributed by atoms with Crippen LogP contribution in [0.25, 0.3) is 43.6 Å². The van der Waals surface area contributed by atoms with Gasteiger partial charge < -0.3 is 19.8 Å². The lowest BCUT2D eigenvalue weighted by Gasteiger charge is -2.10. The van der Waals surface area contributed by atoms with Crippen molar-refractivity contribution in [3.8, 4) is 0 Å². The highest BCUT2D eigenvalue weighted by molar-refractivity contribution is 6.08. The van der Waals surface area contributed by atoms with Crippen molar-refractivity contribution in [3.05, 3.63) is 84.4 Å². The van der Waals surface area contributed by atoms with E-state index in [1.54, 1.807) is 0 Å². The standard InChI is InChI=1S/C36H44N6.ClH/c1-25(2)23-41-33-13-7-5-11-29(33)31-17-27(39-21-35(31)41)19-37-15-9-10-16-38-20-28-18-32-30-12-6-8-14-34(30)42(24-26(3)4)36(32)22-40-28;/h5-8,11-14,17-18,21-22,25-26,37-38H,9-10,15-16,19-20,23-24H2,1-4H3;1H. The Morgan fingerprint density at radius 3 is 1.42 bits per heavy atom. The van der Waals surface area contributed by atoms with Crippen molar-refractivity contribution in [2.24, 2.45) is 11.8 Å². The van der Waals surface area contributed by atoms with Gasteiger partial charge in [0.05, 0.1) is 34.8 Å². The molecule has 0 radical (unpaired) electrons. The van der Waals surface area contributed by atoms with E-state index in [4.69, 9.17) is 9.97 Å². The molecule has 6 rings (SSSR count). The number of benzene rings is 2. The lowest BCUT2D eigenvalue weighted by atomic mass is 10.1. The Morgan fingerprint density at radius 2 is 1.00 bits per heavy atom. The van der Waals surface area contributed by atoms with E-state index in [-0.39, 0.29) is 12.4 Å². The zero-order valence-electron chi connectivity index (χ0n) is 25.9. The molecule has 0 saturated carbocycles. The zero-order chi connectivity index (χ0) is 29.1. The van der Waals surface area contributed by atoms with Crippen molar-refractivity contribution in [2.45, 2.75) is 66.7 Å². The van der Waals surface area contributed by atoms with Crippen LogP contribution < -0.4 is 10.6 Å². The van der Waals surface area contributed by atoms with Gasteiger partial charge in [-0.1, -0.05) is 64.1 Å². The molecule has 6 nitrogen and oxygen atoms in total. The van der Waals surface area contributed by atoms with Gasteiger partial charge in [0.1, 0.15) is 0 Å². The normalized spacial score (nSPS) is 12.0. The molecule has 4 heterocycles. The zero-order valence-corrected chi connectivity index (χ0v) is 26.8. The molecule has 0 unspecified atom stereocenters. The number of halogens is 1. The average molecular weight is 597 g/mol. The van der Waals surface area contributed by atoms with Crippen molar-refractivity contribution in [1.29, 1.82) is 0 Å². The van der Waals surface area contributed by atoms with Crippen LogP contribution in [-0.4, -0.2) is 32.2 Å². The lowest BCUT2D eigenvalue weighted by Crippen LogP contribution is -2.19. The van der Waals surface area contributed by atoms with Crippen LogP contribution in [0.5, 0.6) is 0 Å². The smallest absolute Gasteiger partial charge is 0.0678 e. The van der Waals surface area contributed by atoms with Crippen LogP contribution in [0.2, 0.25) is 0 Å². The van der Waals surface area contributed by atoms with Crippen molar-refractivity contribution in [3.63, 3.8) is 0 Å². The maximum Gasteiger partial charge on any atom is 0.0678 e. The number of rotatable bonds is 13. The van der Waals surface area contributed by atoms with Crippen LogP contribution in [0.3, 0.4) is 0 Å². The molecule has 2 aromatic carbocycles. The van der Waals surface area contributed by atoms with E-state index in [1.807, 2.05) is 0 Å². The van der Waals surface area contributed by atoms with Gasteiger partial charge in [0.2, 0.25) is 0 Å². The van der Waals surface area contributed by atoms with Gasteiger partial charge >= 0.3 is 0 Å². The highest BCUT2D eigenvalue weighted by Gasteiger charge is 2.14. The van der Waals surface area contributed by atoms with Crippen LogP contribution in [0.1, 0.15) is 51.9 Å². The third-order valence-electron chi connectivity index (χ3n) is 8.10. The second kappa shape index (κ2) is 13.9. The minimum atomic E-state index is 0. The van der Waals surface area contributed by atoms with E-state index in [0.717, 1.165) is 63.5 Å². The number of aromatic nitrogens is 4. The predicted molar refractivity (Wildman–Crippen MR) is 184 cm³/mol. The van der Waals surface area contributed by atoms with Crippen molar-refractivity contribution in [2.75, 3.05) is 13.1 Å². The van der Waals surface area contributed by atoms with Gasteiger partial charge in [-0.15, -0.1) is 12.4 Å². The number of para-hydroxylation sites is 2. The summed E-state index contributed by atoms with van der Waals surface area (Å²) in [5, 5.41) is 12.4. The molecular weight excluding hydrogens is 552 g/mol. The molecule has 0 spiro atoms. The largest absolute Gasteiger partial charge is 0.339 e. The Kier molecular flexibility index (Phi) is 10.0. The van der Waals surface area contributed by atoms with E-state index in [0.29, 0.717) is 11.8 Å². The first-order chi connectivity index (χ1) is 20.5.